The second-order valence-electron chi connectivity index (χ2n) is 6.87. The van der Waals surface area contributed by atoms with E-state index in [1.165, 1.54) is 11.1 Å². The summed E-state index contributed by atoms with van der Waals surface area (Å²) in [5, 5.41) is 0. The number of benzene rings is 2. The third-order valence-corrected chi connectivity index (χ3v) is 4.84. The fourth-order valence-corrected chi connectivity index (χ4v) is 3.36. The Balaban J connectivity index is 1.47. The van der Waals surface area contributed by atoms with Crippen molar-refractivity contribution in [1.29, 1.82) is 0 Å². The summed E-state index contributed by atoms with van der Waals surface area (Å²) in [5.74, 6) is 0.159. The van der Waals surface area contributed by atoms with E-state index in [0.29, 0.717) is 6.42 Å². The van der Waals surface area contributed by atoms with E-state index in [2.05, 4.69) is 36.1 Å². The number of hydrogen-bond acceptors (Lipinski definition) is 3. The Kier molecular flexibility index (Phi) is 5.84. The summed E-state index contributed by atoms with van der Waals surface area (Å²) in [5.41, 5.74) is 9.84. The van der Waals surface area contributed by atoms with Gasteiger partial charge in [0.2, 0.25) is 5.91 Å². The van der Waals surface area contributed by atoms with Crippen LogP contribution in [0.4, 0.5) is 0 Å². The highest BCUT2D eigenvalue weighted by molar-refractivity contribution is 5.77. The number of aryl methyl sites for hydroxylation is 1. The van der Waals surface area contributed by atoms with Gasteiger partial charge in [0.25, 0.3) is 0 Å². The van der Waals surface area contributed by atoms with Crippen molar-refractivity contribution in [2.24, 2.45) is 5.73 Å². The van der Waals surface area contributed by atoms with Gasteiger partial charge >= 0.3 is 0 Å². The summed E-state index contributed by atoms with van der Waals surface area (Å²) in [4.78, 5) is 16.9. The predicted molar refractivity (Wildman–Crippen MR) is 101 cm³/mol. The lowest BCUT2D eigenvalue weighted by Crippen LogP contribution is -2.48. The Morgan fingerprint density at radius 2 is 1.76 bits per heavy atom. The molecule has 1 unspecified atom stereocenters. The number of carbonyl (C=O) groups is 1. The highest BCUT2D eigenvalue weighted by Gasteiger charge is 2.23. The van der Waals surface area contributed by atoms with Gasteiger partial charge in [0.1, 0.15) is 0 Å². The van der Waals surface area contributed by atoms with Gasteiger partial charge in [-0.25, -0.2) is 0 Å². The molecule has 1 fully saturated rings. The molecule has 132 valence electrons. The van der Waals surface area contributed by atoms with Crippen molar-refractivity contribution in [3.8, 4) is 0 Å². The van der Waals surface area contributed by atoms with E-state index in [0.717, 1.165) is 38.3 Å². The van der Waals surface area contributed by atoms with Gasteiger partial charge in [0.15, 0.2) is 0 Å². The van der Waals surface area contributed by atoms with Gasteiger partial charge in [-0.05, 0) is 18.1 Å². The average Bonchev–Trinajstić information content (AvgIpc) is 2.63. The minimum atomic E-state index is -0.223. The smallest absolute Gasteiger partial charge is 0.224 e. The quantitative estimate of drug-likeness (QED) is 0.913. The molecule has 4 heteroatoms. The van der Waals surface area contributed by atoms with Crippen LogP contribution in [0.3, 0.4) is 0 Å². The first-order chi connectivity index (χ1) is 12.1. The van der Waals surface area contributed by atoms with Crippen LogP contribution in [0.5, 0.6) is 0 Å². The molecule has 2 aromatic rings. The van der Waals surface area contributed by atoms with Crippen LogP contribution in [0, 0.1) is 6.92 Å². The van der Waals surface area contributed by atoms with E-state index in [-0.39, 0.29) is 11.9 Å². The van der Waals surface area contributed by atoms with E-state index in [4.69, 9.17) is 5.73 Å². The molecule has 0 aliphatic carbocycles. The summed E-state index contributed by atoms with van der Waals surface area (Å²) in [6, 6.07) is 18.3. The fraction of sp³-hybridized carbons (Fsp3) is 0.381. The van der Waals surface area contributed by atoms with Gasteiger partial charge in [-0.15, -0.1) is 0 Å². The molecule has 1 heterocycles. The van der Waals surface area contributed by atoms with Crippen molar-refractivity contribution in [3.63, 3.8) is 0 Å². The Morgan fingerprint density at radius 1 is 1.04 bits per heavy atom. The SMILES string of the molecule is Cc1cccc(CN2CCN(C(=O)CC(N)c3ccccc3)CC2)c1. The van der Waals surface area contributed by atoms with Crippen LogP contribution in [0.25, 0.3) is 0 Å². The summed E-state index contributed by atoms with van der Waals surface area (Å²) >= 11 is 0. The molecule has 1 amide bonds. The zero-order valence-electron chi connectivity index (χ0n) is 14.9. The molecule has 3 rings (SSSR count). The first-order valence-electron chi connectivity index (χ1n) is 8.98. The molecule has 2 aromatic carbocycles. The van der Waals surface area contributed by atoms with Crippen molar-refractivity contribution in [2.75, 3.05) is 26.2 Å². The Bertz CT molecular complexity index is 693. The lowest BCUT2D eigenvalue weighted by atomic mass is 10.0. The second kappa shape index (κ2) is 8.28. The first kappa shape index (κ1) is 17.6. The maximum absolute atomic E-state index is 12.5. The highest BCUT2D eigenvalue weighted by Crippen LogP contribution is 2.16. The van der Waals surface area contributed by atoms with E-state index >= 15 is 0 Å². The van der Waals surface area contributed by atoms with Crippen molar-refractivity contribution >= 4 is 5.91 Å². The molecule has 0 aromatic heterocycles. The lowest BCUT2D eigenvalue weighted by Gasteiger charge is -2.35. The molecule has 4 nitrogen and oxygen atoms in total. The van der Waals surface area contributed by atoms with Crippen LogP contribution in [0.15, 0.2) is 54.6 Å². The number of piperazine rings is 1. The van der Waals surface area contributed by atoms with E-state index < -0.39 is 0 Å². The third-order valence-electron chi connectivity index (χ3n) is 4.84. The predicted octanol–water partition coefficient (Wildman–Crippen LogP) is 2.73. The summed E-state index contributed by atoms with van der Waals surface area (Å²) in [7, 11) is 0. The van der Waals surface area contributed by atoms with Gasteiger partial charge in [0.05, 0.1) is 0 Å². The number of nitrogens with zero attached hydrogens (tertiary/aromatic N) is 2. The van der Waals surface area contributed by atoms with E-state index in [1.807, 2.05) is 35.2 Å². The summed E-state index contributed by atoms with van der Waals surface area (Å²) < 4.78 is 0. The Labute approximate surface area is 150 Å². The molecule has 1 aliphatic rings. The molecule has 1 aliphatic heterocycles. The number of rotatable bonds is 5. The molecule has 0 radical (unpaired) electrons. The van der Waals surface area contributed by atoms with Crippen LogP contribution in [0.2, 0.25) is 0 Å². The molecule has 1 saturated heterocycles. The second-order valence-corrected chi connectivity index (χ2v) is 6.87. The van der Waals surface area contributed by atoms with Crippen molar-refractivity contribution in [1.82, 2.24) is 9.80 Å². The average molecular weight is 337 g/mol. The van der Waals surface area contributed by atoms with Crippen molar-refractivity contribution in [3.05, 3.63) is 71.3 Å². The zero-order valence-corrected chi connectivity index (χ0v) is 14.9. The van der Waals surface area contributed by atoms with Crippen LogP contribution in [0.1, 0.15) is 29.2 Å². The van der Waals surface area contributed by atoms with Crippen molar-refractivity contribution in [2.45, 2.75) is 25.9 Å². The Hall–Kier alpha value is -2.17. The summed E-state index contributed by atoms with van der Waals surface area (Å²) in [6.45, 7) is 6.47. The topological polar surface area (TPSA) is 49.6 Å². The van der Waals surface area contributed by atoms with Crippen LogP contribution < -0.4 is 5.73 Å². The summed E-state index contributed by atoms with van der Waals surface area (Å²) in [6.07, 6.45) is 0.377. The minimum Gasteiger partial charge on any atom is -0.340 e. The maximum atomic E-state index is 12.5. The monoisotopic (exact) mass is 337 g/mol. The molecular formula is C21H27N3O. The van der Waals surface area contributed by atoms with Crippen molar-refractivity contribution < 1.29 is 4.79 Å². The van der Waals surface area contributed by atoms with Gasteiger partial charge in [-0.2, -0.15) is 0 Å². The number of hydrogen-bond donors (Lipinski definition) is 1. The van der Waals surface area contributed by atoms with E-state index in [9.17, 15) is 4.79 Å². The zero-order chi connectivity index (χ0) is 17.6. The number of carbonyl (C=O) groups excluding carboxylic acids is 1. The van der Waals surface area contributed by atoms with Crippen LogP contribution >= 0.6 is 0 Å². The molecule has 0 bridgehead atoms. The molecule has 0 saturated carbocycles. The maximum Gasteiger partial charge on any atom is 0.224 e. The van der Waals surface area contributed by atoms with Gasteiger partial charge < -0.3 is 10.6 Å². The van der Waals surface area contributed by atoms with Gasteiger partial charge in [-0.3, -0.25) is 9.69 Å². The fourth-order valence-electron chi connectivity index (χ4n) is 3.36. The highest BCUT2D eigenvalue weighted by atomic mass is 16.2. The third kappa shape index (κ3) is 4.91. The molecule has 25 heavy (non-hydrogen) atoms. The largest absolute Gasteiger partial charge is 0.340 e. The minimum absolute atomic E-state index is 0.159. The number of nitrogens with two attached hydrogens (primary N) is 1. The molecule has 0 spiro atoms. The standard InChI is InChI=1S/C21H27N3O/c1-17-6-5-7-18(14-17)16-23-10-12-24(13-11-23)21(25)15-20(22)19-8-3-2-4-9-19/h2-9,14,20H,10-13,15-16,22H2,1H3. The molecular weight excluding hydrogens is 310 g/mol. The Morgan fingerprint density at radius 3 is 2.44 bits per heavy atom. The van der Waals surface area contributed by atoms with Crippen LogP contribution in [-0.2, 0) is 11.3 Å². The molecule has 2 N–H and O–H groups in total. The number of amides is 1. The van der Waals surface area contributed by atoms with E-state index in [1.54, 1.807) is 0 Å². The molecule has 1 atom stereocenters. The van der Waals surface area contributed by atoms with Crippen LogP contribution in [-0.4, -0.2) is 41.9 Å². The van der Waals surface area contributed by atoms with Gasteiger partial charge in [0, 0.05) is 45.2 Å². The normalized spacial score (nSPS) is 16.6. The first-order valence-corrected chi connectivity index (χ1v) is 8.98. The van der Waals surface area contributed by atoms with Gasteiger partial charge in [-0.1, -0.05) is 60.2 Å². The lowest BCUT2D eigenvalue weighted by molar-refractivity contribution is -0.133.